The Hall–Kier alpha value is -0.660. The Balaban J connectivity index is 4.26. The SMILES string of the molecule is CCCCCCCCCCCCC(COC(=O)NCC)COP(=O)(O)OCC[N+](C)(C)C. The topological polar surface area (TPSA) is 94.1 Å². The molecule has 0 fully saturated rings. The second-order valence-electron chi connectivity index (χ2n) is 9.58. The molecule has 1 amide bonds. The summed E-state index contributed by atoms with van der Waals surface area (Å²) in [5, 5.41) is 2.59. The first-order valence-corrected chi connectivity index (χ1v) is 13.9. The highest BCUT2D eigenvalue weighted by molar-refractivity contribution is 7.47. The fourth-order valence-corrected chi connectivity index (χ4v) is 3.98. The number of nitrogens with one attached hydrogen (secondary N) is 1. The number of carbonyl (C=O) groups is 1. The van der Waals surface area contributed by atoms with Gasteiger partial charge in [0, 0.05) is 12.5 Å². The van der Waals surface area contributed by atoms with E-state index in [-0.39, 0.29) is 25.7 Å². The molecule has 0 saturated carbocycles. The summed E-state index contributed by atoms with van der Waals surface area (Å²) in [5.74, 6) is -0.144. The molecule has 0 heterocycles. The second-order valence-corrected chi connectivity index (χ2v) is 11.0. The van der Waals surface area contributed by atoms with Crippen LogP contribution in [0.15, 0.2) is 0 Å². The monoisotopic (exact) mass is 481 g/mol. The van der Waals surface area contributed by atoms with Gasteiger partial charge in [-0.2, -0.15) is 0 Å². The first kappa shape index (κ1) is 31.3. The molecule has 2 unspecified atom stereocenters. The van der Waals surface area contributed by atoms with Crippen LogP contribution in [0, 0.1) is 5.92 Å². The third kappa shape index (κ3) is 21.2. The van der Waals surface area contributed by atoms with Gasteiger partial charge in [-0.25, -0.2) is 9.36 Å². The minimum absolute atomic E-state index is 0.0228. The summed E-state index contributed by atoms with van der Waals surface area (Å²) < 4.78 is 28.3. The van der Waals surface area contributed by atoms with Crippen LogP contribution >= 0.6 is 7.82 Å². The number of carbonyl (C=O) groups excluding carboxylic acids is 1. The van der Waals surface area contributed by atoms with Crippen LogP contribution in [-0.2, 0) is 18.3 Å². The quantitative estimate of drug-likeness (QED) is 0.128. The molecule has 32 heavy (non-hydrogen) atoms. The summed E-state index contributed by atoms with van der Waals surface area (Å²) in [6.07, 6.45) is 12.7. The number of hydrogen-bond acceptors (Lipinski definition) is 5. The molecule has 2 N–H and O–H groups in total. The van der Waals surface area contributed by atoms with Crippen molar-refractivity contribution in [3.8, 4) is 0 Å². The maximum atomic E-state index is 12.2. The fourth-order valence-electron chi connectivity index (χ4n) is 3.19. The van der Waals surface area contributed by atoms with Crippen molar-refractivity contribution in [2.24, 2.45) is 5.92 Å². The largest absolute Gasteiger partial charge is 0.472 e. The highest BCUT2D eigenvalue weighted by atomic mass is 31.2. The molecule has 9 heteroatoms. The van der Waals surface area contributed by atoms with Crippen molar-refractivity contribution in [1.29, 1.82) is 0 Å². The third-order valence-electron chi connectivity index (χ3n) is 5.23. The molecule has 0 aromatic rings. The second kappa shape index (κ2) is 18.7. The van der Waals surface area contributed by atoms with Gasteiger partial charge in [0.05, 0.1) is 34.4 Å². The molecular weight excluding hydrogens is 431 g/mol. The van der Waals surface area contributed by atoms with Crippen molar-refractivity contribution in [1.82, 2.24) is 5.32 Å². The van der Waals surface area contributed by atoms with Crippen LogP contribution in [0.5, 0.6) is 0 Å². The van der Waals surface area contributed by atoms with Gasteiger partial charge in [0.15, 0.2) is 0 Å². The predicted molar refractivity (Wildman–Crippen MR) is 130 cm³/mol. The highest BCUT2D eigenvalue weighted by Crippen LogP contribution is 2.43. The van der Waals surface area contributed by atoms with Gasteiger partial charge in [0.2, 0.25) is 0 Å². The molecule has 0 saturated heterocycles. The summed E-state index contributed by atoms with van der Waals surface area (Å²) in [6.45, 7) is 5.45. The zero-order valence-electron chi connectivity index (χ0n) is 21.3. The molecule has 0 spiro atoms. The number of alkyl carbamates (subject to hydrolysis) is 1. The Bertz CT molecular complexity index is 513. The highest BCUT2D eigenvalue weighted by Gasteiger charge is 2.25. The van der Waals surface area contributed by atoms with E-state index in [4.69, 9.17) is 13.8 Å². The van der Waals surface area contributed by atoms with Crippen molar-refractivity contribution in [3.63, 3.8) is 0 Å². The van der Waals surface area contributed by atoms with E-state index in [2.05, 4.69) is 12.2 Å². The van der Waals surface area contributed by atoms with E-state index in [1.807, 2.05) is 28.1 Å². The van der Waals surface area contributed by atoms with Crippen molar-refractivity contribution in [3.05, 3.63) is 0 Å². The molecule has 8 nitrogen and oxygen atoms in total. The molecule has 0 aliphatic carbocycles. The van der Waals surface area contributed by atoms with Gasteiger partial charge in [-0.05, 0) is 13.3 Å². The molecule has 0 rings (SSSR count). The number of unbranched alkanes of at least 4 members (excludes halogenated alkanes) is 9. The van der Waals surface area contributed by atoms with Crippen LogP contribution < -0.4 is 5.32 Å². The average molecular weight is 482 g/mol. The molecule has 0 aromatic heterocycles. The van der Waals surface area contributed by atoms with Crippen molar-refractivity contribution in [2.45, 2.75) is 84.5 Å². The van der Waals surface area contributed by atoms with Gasteiger partial charge in [-0.3, -0.25) is 9.05 Å². The van der Waals surface area contributed by atoms with E-state index >= 15 is 0 Å². The first-order chi connectivity index (χ1) is 15.1. The summed E-state index contributed by atoms with van der Waals surface area (Å²) in [7, 11) is 1.82. The lowest BCUT2D eigenvalue weighted by molar-refractivity contribution is -0.870. The molecule has 2 atom stereocenters. The molecule has 0 radical (unpaired) electrons. The van der Waals surface area contributed by atoms with Gasteiger partial charge in [-0.15, -0.1) is 0 Å². The van der Waals surface area contributed by atoms with Crippen LogP contribution in [0.1, 0.15) is 84.5 Å². The van der Waals surface area contributed by atoms with Crippen LogP contribution in [0.3, 0.4) is 0 Å². The van der Waals surface area contributed by atoms with Crippen molar-refractivity contribution in [2.75, 3.05) is 54.1 Å². The number of nitrogens with zero attached hydrogens (tertiary/aromatic N) is 1. The van der Waals surface area contributed by atoms with E-state index in [9.17, 15) is 14.3 Å². The first-order valence-electron chi connectivity index (χ1n) is 12.4. The summed E-state index contributed by atoms with van der Waals surface area (Å²) in [6, 6.07) is 0. The van der Waals surface area contributed by atoms with Gasteiger partial charge in [0.1, 0.15) is 13.2 Å². The van der Waals surface area contributed by atoms with Crippen LogP contribution in [0.4, 0.5) is 4.79 Å². The Morgan fingerprint density at radius 3 is 2.00 bits per heavy atom. The van der Waals surface area contributed by atoms with Crippen LogP contribution in [0.25, 0.3) is 0 Å². The van der Waals surface area contributed by atoms with E-state index in [0.717, 1.165) is 19.3 Å². The number of phosphoric acid groups is 1. The summed E-state index contributed by atoms with van der Waals surface area (Å²) in [4.78, 5) is 21.6. The van der Waals surface area contributed by atoms with Crippen molar-refractivity contribution >= 4 is 13.9 Å². The van der Waals surface area contributed by atoms with Crippen LogP contribution in [0.2, 0.25) is 0 Å². The zero-order valence-corrected chi connectivity index (χ0v) is 22.2. The zero-order chi connectivity index (χ0) is 24.3. The number of amides is 1. The van der Waals surface area contributed by atoms with E-state index in [1.165, 1.54) is 51.4 Å². The number of rotatable bonds is 21. The lowest BCUT2D eigenvalue weighted by Crippen LogP contribution is -2.37. The molecule has 0 aliphatic rings. The Morgan fingerprint density at radius 1 is 0.906 bits per heavy atom. The Labute approximate surface area is 196 Å². The molecule has 0 bridgehead atoms. The van der Waals surface area contributed by atoms with Crippen molar-refractivity contribution < 1.29 is 32.5 Å². The van der Waals surface area contributed by atoms with Gasteiger partial charge in [-0.1, -0.05) is 71.1 Å². The molecule has 0 aliphatic heterocycles. The number of hydrogen-bond donors (Lipinski definition) is 2. The maximum Gasteiger partial charge on any atom is 0.472 e. The Kier molecular flexibility index (Phi) is 18.3. The average Bonchev–Trinajstić information content (AvgIpc) is 2.69. The fraction of sp³-hybridized carbons (Fsp3) is 0.957. The number of phosphoric ester groups is 1. The minimum Gasteiger partial charge on any atom is -0.449 e. The summed E-state index contributed by atoms with van der Waals surface area (Å²) >= 11 is 0. The maximum absolute atomic E-state index is 12.2. The van der Waals surface area contributed by atoms with Gasteiger partial charge in [0.25, 0.3) is 0 Å². The number of ether oxygens (including phenoxy) is 1. The Morgan fingerprint density at radius 2 is 1.47 bits per heavy atom. The van der Waals surface area contributed by atoms with E-state index in [1.54, 1.807) is 0 Å². The lowest BCUT2D eigenvalue weighted by Gasteiger charge is -2.24. The normalized spacial score (nSPS) is 14.7. The minimum atomic E-state index is -4.12. The smallest absolute Gasteiger partial charge is 0.449 e. The van der Waals surface area contributed by atoms with E-state index < -0.39 is 13.9 Å². The van der Waals surface area contributed by atoms with Gasteiger partial charge < -0.3 is 19.4 Å². The standard InChI is InChI=1S/C23H49N2O6P/c1-6-8-9-10-11-12-13-14-15-16-17-22(20-29-23(26)24-7-2)21-31-32(27,28)30-19-18-25(3,4)5/h22H,6-21H2,1-5H3,(H-,24,26,27,28)/p+1. The third-order valence-corrected chi connectivity index (χ3v) is 6.21. The molecular formula is C23H50N2O6P+. The number of quaternary nitrogens is 1. The van der Waals surface area contributed by atoms with Gasteiger partial charge >= 0.3 is 13.9 Å². The number of likely N-dealkylation sites (N-methyl/N-ethyl adjacent to an activating group) is 1. The van der Waals surface area contributed by atoms with Crippen LogP contribution in [-0.4, -0.2) is 69.5 Å². The lowest BCUT2D eigenvalue weighted by atomic mass is 10.0. The van der Waals surface area contributed by atoms with E-state index in [0.29, 0.717) is 17.6 Å². The predicted octanol–water partition coefficient (Wildman–Crippen LogP) is 5.50. The molecule has 192 valence electrons. The molecule has 0 aromatic carbocycles. The summed E-state index contributed by atoms with van der Waals surface area (Å²) in [5.41, 5.74) is 0.